The number of nitrogens with zero attached hydrogens (tertiary/aromatic N) is 4. The standard InChI is InChI=1S/C24H19ClFN5O5/c1-11(22-30-19(20(32)24(34)31(22)2)23(33)29-13-8-28-36-10-13)16-17-14(25)5-6-15(26)21(17)35-9-12-4-3-7-27-18(12)16/h3-8,10-11,16,32H,9H2,1-2H3,(H,29,33). The van der Waals surface area contributed by atoms with Crippen molar-refractivity contribution in [2.75, 3.05) is 5.32 Å². The van der Waals surface area contributed by atoms with Gasteiger partial charge in [0.15, 0.2) is 17.3 Å². The number of nitrogens with one attached hydrogen (secondary N) is 1. The van der Waals surface area contributed by atoms with E-state index in [0.717, 1.165) is 4.57 Å². The van der Waals surface area contributed by atoms with Gasteiger partial charge in [-0.3, -0.25) is 19.1 Å². The number of rotatable bonds is 4. The lowest BCUT2D eigenvalue weighted by Gasteiger charge is -2.27. The first-order valence-electron chi connectivity index (χ1n) is 10.8. The number of hydrogen-bond donors (Lipinski definition) is 2. The molecule has 10 nitrogen and oxygen atoms in total. The zero-order valence-corrected chi connectivity index (χ0v) is 19.8. The number of fused-ring (bicyclic) bond motifs is 2. The van der Waals surface area contributed by atoms with Crippen LogP contribution in [0.15, 0.2) is 52.2 Å². The van der Waals surface area contributed by atoms with Crippen LogP contribution in [0.1, 0.15) is 51.9 Å². The summed E-state index contributed by atoms with van der Waals surface area (Å²) in [5, 5.41) is 16.6. The molecule has 12 heteroatoms. The van der Waals surface area contributed by atoms with Crippen molar-refractivity contribution in [3.8, 4) is 11.5 Å². The van der Waals surface area contributed by atoms with Gasteiger partial charge < -0.3 is 19.7 Å². The zero-order chi connectivity index (χ0) is 25.6. The van der Waals surface area contributed by atoms with Crippen LogP contribution in [0.25, 0.3) is 0 Å². The average Bonchev–Trinajstić information content (AvgIpc) is 3.30. The summed E-state index contributed by atoms with van der Waals surface area (Å²) in [6.45, 7) is 1.81. The molecule has 1 aliphatic rings. The molecule has 0 saturated heterocycles. The molecule has 36 heavy (non-hydrogen) atoms. The Balaban J connectivity index is 1.69. The van der Waals surface area contributed by atoms with Crippen molar-refractivity contribution < 1.29 is 23.6 Å². The summed E-state index contributed by atoms with van der Waals surface area (Å²) < 4.78 is 26.5. The van der Waals surface area contributed by atoms with Gasteiger partial charge in [-0.15, -0.1) is 0 Å². The highest BCUT2D eigenvalue weighted by Crippen LogP contribution is 2.47. The van der Waals surface area contributed by atoms with E-state index in [1.54, 1.807) is 25.3 Å². The molecule has 0 spiro atoms. The predicted octanol–water partition coefficient (Wildman–Crippen LogP) is 3.74. The summed E-state index contributed by atoms with van der Waals surface area (Å²) in [7, 11) is 1.42. The Morgan fingerprint density at radius 1 is 1.36 bits per heavy atom. The van der Waals surface area contributed by atoms with Crippen LogP contribution in [0.4, 0.5) is 10.1 Å². The second-order valence-electron chi connectivity index (χ2n) is 8.27. The molecule has 0 saturated carbocycles. The Labute approximate surface area is 208 Å². The van der Waals surface area contributed by atoms with E-state index in [1.165, 1.54) is 31.6 Å². The monoisotopic (exact) mass is 511 g/mol. The minimum absolute atomic E-state index is 0.0217. The molecule has 2 unspecified atom stereocenters. The van der Waals surface area contributed by atoms with Crippen molar-refractivity contribution in [2.45, 2.75) is 25.4 Å². The van der Waals surface area contributed by atoms with Gasteiger partial charge in [0, 0.05) is 41.2 Å². The third kappa shape index (κ3) is 3.87. The number of carbonyl (C=O) groups excluding carboxylic acids is 1. The normalized spacial score (nSPS) is 15.3. The molecule has 0 bridgehead atoms. The Hall–Kier alpha value is -4.25. The third-order valence-corrected chi connectivity index (χ3v) is 6.44. The summed E-state index contributed by atoms with van der Waals surface area (Å²) in [6, 6.07) is 6.18. The van der Waals surface area contributed by atoms with Crippen LogP contribution in [0.2, 0.25) is 5.02 Å². The molecule has 5 rings (SSSR count). The zero-order valence-electron chi connectivity index (χ0n) is 19.0. The van der Waals surface area contributed by atoms with E-state index in [1.807, 2.05) is 0 Å². The molecule has 0 fully saturated rings. The van der Waals surface area contributed by atoms with Gasteiger partial charge in [0.2, 0.25) is 5.75 Å². The van der Waals surface area contributed by atoms with Crippen LogP contribution >= 0.6 is 11.6 Å². The Kier molecular flexibility index (Phi) is 5.92. The number of pyridine rings is 1. The smallest absolute Gasteiger partial charge is 0.296 e. The number of carbonyl (C=O) groups is 1. The maximum Gasteiger partial charge on any atom is 0.296 e. The van der Waals surface area contributed by atoms with Crippen molar-refractivity contribution in [2.24, 2.45) is 7.05 Å². The fourth-order valence-electron chi connectivity index (χ4n) is 4.39. The van der Waals surface area contributed by atoms with Crippen molar-refractivity contribution in [3.05, 3.63) is 92.5 Å². The van der Waals surface area contributed by atoms with E-state index >= 15 is 0 Å². The second kappa shape index (κ2) is 9.08. The highest BCUT2D eigenvalue weighted by Gasteiger charge is 2.37. The molecule has 3 aromatic heterocycles. The summed E-state index contributed by atoms with van der Waals surface area (Å²) in [5.74, 6) is -3.50. The van der Waals surface area contributed by atoms with Crippen LogP contribution in [-0.4, -0.2) is 30.7 Å². The fourth-order valence-corrected chi connectivity index (χ4v) is 4.66. The van der Waals surface area contributed by atoms with E-state index in [-0.39, 0.29) is 28.9 Å². The lowest BCUT2D eigenvalue weighted by molar-refractivity contribution is 0.101. The van der Waals surface area contributed by atoms with E-state index < -0.39 is 40.6 Å². The minimum Gasteiger partial charge on any atom is -0.501 e. The molecule has 0 aliphatic carbocycles. The lowest BCUT2D eigenvalue weighted by atomic mass is 9.81. The summed E-state index contributed by atoms with van der Waals surface area (Å²) >= 11 is 6.55. The molecular weight excluding hydrogens is 493 g/mol. The molecule has 4 heterocycles. The van der Waals surface area contributed by atoms with Crippen molar-refractivity contribution >= 4 is 23.2 Å². The second-order valence-corrected chi connectivity index (χ2v) is 8.68. The Bertz CT molecular complexity index is 1540. The first-order chi connectivity index (χ1) is 17.3. The largest absolute Gasteiger partial charge is 0.501 e. The number of amides is 1. The molecule has 0 radical (unpaired) electrons. The van der Waals surface area contributed by atoms with Gasteiger partial charge in [0.05, 0.1) is 11.9 Å². The van der Waals surface area contributed by atoms with Gasteiger partial charge in [-0.25, -0.2) is 9.37 Å². The first-order valence-corrected chi connectivity index (χ1v) is 11.2. The van der Waals surface area contributed by atoms with Crippen molar-refractivity contribution in [3.63, 3.8) is 0 Å². The molecule has 2 N–H and O–H groups in total. The SMILES string of the molecule is CC(c1nc(C(=O)Nc2cnoc2)c(O)c(=O)n1C)C1c2ncccc2COc2c(F)ccc(Cl)c21. The number of halogens is 2. The van der Waals surface area contributed by atoms with Gasteiger partial charge in [-0.1, -0.05) is 29.7 Å². The minimum atomic E-state index is -0.839. The van der Waals surface area contributed by atoms with Gasteiger partial charge >= 0.3 is 0 Å². The highest BCUT2D eigenvalue weighted by molar-refractivity contribution is 6.31. The summed E-state index contributed by atoms with van der Waals surface area (Å²) in [4.78, 5) is 34.7. The van der Waals surface area contributed by atoms with Gasteiger partial charge in [0.1, 0.15) is 24.4 Å². The average molecular weight is 512 g/mol. The molecule has 1 aliphatic heterocycles. The lowest BCUT2D eigenvalue weighted by Crippen LogP contribution is -2.29. The van der Waals surface area contributed by atoms with Crippen LogP contribution in [-0.2, 0) is 13.7 Å². The van der Waals surface area contributed by atoms with E-state index in [2.05, 4.69) is 25.0 Å². The number of benzene rings is 1. The van der Waals surface area contributed by atoms with Crippen LogP contribution in [0.5, 0.6) is 11.5 Å². The molecule has 1 amide bonds. The van der Waals surface area contributed by atoms with E-state index in [4.69, 9.17) is 16.3 Å². The van der Waals surface area contributed by atoms with Crippen molar-refractivity contribution in [1.29, 1.82) is 0 Å². The number of anilines is 1. The van der Waals surface area contributed by atoms with E-state index in [9.17, 15) is 19.1 Å². The first kappa shape index (κ1) is 23.5. The molecule has 2 atom stereocenters. The topological polar surface area (TPSA) is 132 Å². The number of ether oxygens (including phenoxy) is 1. The summed E-state index contributed by atoms with van der Waals surface area (Å²) in [6.07, 6.45) is 4.03. The van der Waals surface area contributed by atoms with Crippen LogP contribution in [0, 0.1) is 5.82 Å². The molecule has 4 aromatic rings. The van der Waals surface area contributed by atoms with Gasteiger partial charge in [-0.05, 0) is 18.2 Å². The Morgan fingerprint density at radius 2 is 2.17 bits per heavy atom. The quantitative estimate of drug-likeness (QED) is 0.423. The maximum atomic E-state index is 14.9. The molecule has 1 aromatic carbocycles. The summed E-state index contributed by atoms with van der Waals surface area (Å²) in [5.41, 5.74) is 0.507. The number of aromatic hydroxyl groups is 1. The fraction of sp³-hybridized carbons (Fsp3) is 0.208. The maximum absolute atomic E-state index is 14.9. The number of hydrogen-bond acceptors (Lipinski definition) is 8. The van der Waals surface area contributed by atoms with E-state index in [0.29, 0.717) is 16.8 Å². The molecular formula is C24H19ClFN5O5. The predicted molar refractivity (Wildman–Crippen MR) is 126 cm³/mol. The Morgan fingerprint density at radius 3 is 2.92 bits per heavy atom. The van der Waals surface area contributed by atoms with Gasteiger partial charge in [-0.2, -0.15) is 0 Å². The number of aromatic nitrogens is 4. The highest BCUT2D eigenvalue weighted by atomic mass is 35.5. The van der Waals surface area contributed by atoms with Crippen molar-refractivity contribution in [1.82, 2.24) is 19.7 Å². The van der Waals surface area contributed by atoms with Crippen LogP contribution in [0.3, 0.4) is 0 Å². The third-order valence-electron chi connectivity index (χ3n) is 6.11. The van der Waals surface area contributed by atoms with Gasteiger partial charge in [0.25, 0.3) is 11.5 Å². The van der Waals surface area contributed by atoms with Crippen LogP contribution < -0.4 is 15.6 Å². The molecule has 184 valence electrons.